The summed E-state index contributed by atoms with van der Waals surface area (Å²) in [6.07, 6.45) is 5.13. The summed E-state index contributed by atoms with van der Waals surface area (Å²) in [6.45, 7) is 8.42. The van der Waals surface area contributed by atoms with Crippen LogP contribution in [0.3, 0.4) is 0 Å². The summed E-state index contributed by atoms with van der Waals surface area (Å²) in [7, 11) is 3.09. The SMILES string of the molecule is CCCCCCC(CCCCC)[C@@H](CC(F)(F)F)SSC(C)C. The lowest BCUT2D eigenvalue weighted by molar-refractivity contribution is -0.136. The molecule has 0 aromatic carbocycles. The van der Waals surface area contributed by atoms with Crippen molar-refractivity contribution in [1.82, 2.24) is 0 Å². The van der Waals surface area contributed by atoms with Gasteiger partial charge in [0.25, 0.3) is 0 Å². The van der Waals surface area contributed by atoms with Gasteiger partial charge in [0, 0.05) is 10.5 Å². The van der Waals surface area contributed by atoms with Gasteiger partial charge in [-0.3, -0.25) is 0 Å². The van der Waals surface area contributed by atoms with E-state index in [-0.39, 0.29) is 11.2 Å². The third-order valence-electron chi connectivity index (χ3n) is 3.94. The molecule has 5 heteroatoms. The monoisotopic (exact) mass is 372 g/mol. The predicted octanol–water partition coefficient (Wildman–Crippen LogP) is 8.26. The molecule has 0 saturated carbocycles. The van der Waals surface area contributed by atoms with Crippen molar-refractivity contribution in [2.45, 2.75) is 109 Å². The molecule has 0 heterocycles. The zero-order valence-electron chi connectivity index (χ0n) is 15.3. The molecule has 0 aliphatic rings. The third-order valence-corrected chi connectivity index (χ3v) is 7.46. The summed E-state index contributed by atoms with van der Waals surface area (Å²) in [5, 5.41) is 0.0769. The Labute approximate surface area is 149 Å². The quantitative estimate of drug-likeness (QED) is 0.222. The minimum Gasteiger partial charge on any atom is -0.171 e. The highest BCUT2D eigenvalue weighted by Gasteiger charge is 2.36. The first-order valence-electron chi connectivity index (χ1n) is 9.19. The van der Waals surface area contributed by atoms with Gasteiger partial charge < -0.3 is 0 Å². The van der Waals surface area contributed by atoms with E-state index in [0.29, 0.717) is 5.25 Å². The van der Waals surface area contributed by atoms with E-state index >= 15 is 0 Å². The fraction of sp³-hybridized carbons (Fsp3) is 1.00. The summed E-state index contributed by atoms with van der Waals surface area (Å²) in [5.74, 6) is 0.205. The molecule has 0 fully saturated rings. The Kier molecular flexibility index (Phi) is 14.0. The van der Waals surface area contributed by atoms with Gasteiger partial charge in [-0.1, -0.05) is 94.2 Å². The summed E-state index contributed by atoms with van der Waals surface area (Å²) in [5.41, 5.74) is 0. The van der Waals surface area contributed by atoms with Crippen LogP contribution in [0.25, 0.3) is 0 Å². The molecule has 0 aromatic rings. The Morgan fingerprint density at radius 3 is 1.78 bits per heavy atom. The second-order valence-electron chi connectivity index (χ2n) is 6.70. The first-order valence-corrected chi connectivity index (χ1v) is 11.5. The van der Waals surface area contributed by atoms with Crippen LogP contribution in [0.1, 0.15) is 91.9 Å². The second-order valence-corrected chi connectivity index (χ2v) is 9.79. The minimum atomic E-state index is -4.05. The van der Waals surface area contributed by atoms with Crippen molar-refractivity contribution in [3.05, 3.63) is 0 Å². The largest absolute Gasteiger partial charge is 0.390 e. The maximum atomic E-state index is 13.0. The average Bonchev–Trinajstić information content (AvgIpc) is 2.45. The van der Waals surface area contributed by atoms with Crippen LogP contribution >= 0.6 is 21.6 Å². The lowest BCUT2D eigenvalue weighted by Gasteiger charge is -2.28. The van der Waals surface area contributed by atoms with Gasteiger partial charge in [-0.25, -0.2) is 0 Å². The molecule has 0 rings (SSSR count). The van der Waals surface area contributed by atoms with Crippen molar-refractivity contribution < 1.29 is 13.2 Å². The number of hydrogen-bond donors (Lipinski definition) is 0. The van der Waals surface area contributed by atoms with E-state index < -0.39 is 12.6 Å². The molecule has 0 aliphatic carbocycles. The van der Waals surface area contributed by atoms with Crippen LogP contribution in [0.4, 0.5) is 13.2 Å². The maximum Gasteiger partial charge on any atom is 0.390 e. The highest BCUT2D eigenvalue weighted by molar-refractivity contribution is 8.77. The molecule has 2 atom stereocenters. The van der Waals surface area contributed by atoms with E-state index in [1.54, 1.807) is 10.8 Å². The average molecular weight is 373 g/mol. The lowest BCUT2D eigenvalue weighted by Crippen LogP contribution is -2.25. The molecule has 0 bridgehead atoms. The highest BCUT2D eigenvalue weighted by Crippen LogP contribution is 2.43. The second kappa shape index (κ2) is 13.7. The molecule has 0 saturated heterocycles. The van der Waals surface area contributed by atoms with Gasteiger partial charge in [-0.2, -0.15) is 13.2 Å². The van der Waals surface area contributed by atoms with E-state index in [2.05, 4.69) is 27.7 Å². The fourth-order valence-corrected chi connectivity index (χ4v) is 5.52. The van der Waals surface area contributed by atoms with Gasteiger partial charge in [0.2, 0.25) is 0 Å². The van der Waals surface area contributed by atoms with E-state index in [1.165, 1.54) is 23.6 Å². The molecule has 0 spiro atoms. The molecule has 0 amide bonds. The van der Waals surface area contributed by atoms with Gasteiger partial charge in [-0.05, 0) is 18.8 Å². The predicted molar refractivity (Wildman–Crippen MR) is 101 cm³/mol. The van der Waals surface area contributed by atoms with Crippen molar-refractivity contribution in [1.29, 1.82) is 0 Å². The van der Waals surface area contributed by atoms with Crippen LogP contribution in [-0.4, -0.2) is 16.7 Å². The van der Waals surface area contributed by atoms with Crippen LogP contribution in [-0.2, 0) is 0 Å². The number of rotatable bonds is 14. The summed E-state index contributed by atoms with van der Waals surface area (Å²) >= 11 is 0. The van der Waals surface area contributed by atoms with E-state index in [9.17, 15) is 13.2 Å². The summed E-state index contributed by atoms with van der Waals surface area (Å²) < 4.78 is 39.0. The van der Waals surface area contributed by atoms with Gasteiger partial charge in [0.15, 0.2) is 0 Å². The van der Waals surface area contributed by atoms with Gasteiger partial charge in [0.05, 0.1) is 6.42 Å². The van der Waals surface area contributed by atoms with Crippen molar-refractivity contribution in [2.75, 3.05) is 0 Å². The Hall–Kier alpha value is 0.490. The van der Waals surface area contributed by atoms with Crippen molar-refractivity contribution in [2.24, 2.45) is 5.92 Å². The summed E-state index contributed by atoms with van der Waals surface area (Å²) in [4.78, 5) is 0. The Balaban J connectivity index is 4.70. The minimum absolute atomic E-state index is 0.205. The van der Waals surface area contributed by atoms with Gasteiger partial charge in [-0.15, -0.1) is 0 Å². The number of hydrogen-bond acceptors (Lipinski definition) is 2. The van der Waals surface area contributed by atoms with Crippen LogP contribution in [0.2, 0.25) is 0 Å². The topological polar surface area (TPSA) is 0 Å². The zero-order chi connectivity index (χ0) is 17.7. The zero-order valence-corrected chi connectivity index (χ0v) is 16.9. The third kappa shape index (κ3) is 14.5. The molecular weight excluding hydrogens is 337 g/mol. The van der Waals surface area contributed by atoms with Gasteiger partial charge >= 0.3 is 6.18 Å². The van der Waals surface area contributed by atoms with E-state index in [1.807, 2.05) is 0 Å². The molecule has 23 heavy (non-hydrogen) atoms. The first kappa shape index (κ1) is 23.5. The fourth-order valence-electron chi connectivity index (χ4n) is 2.70. The number of halogens is 3. The van der Waals surface area contributed by atoms with Crippen LogP contribution in [0.15, 0.2) is 0 Å². The van der Waals surface area contributed by atoms with Crippen molar-refractivity contribution in [3.63, 3.8) is 0 Å². The Morgan fingerprint density at radius 1 is 0.783 bits per heavy atom. The normalized spacial score (nSPS) is 15.1. The standard InChI is InChI=1S/C18H35F3S2/c1-5-7-9-11-13-16(12-10-8-6-2)17(14-18(19,20)21)23-22-15(3)4/h15-17H,5-14H2,1-4H3/t16?,17-/m1/s1. The molecular formula is C18H35F3S2. The molecule has 1 unspecified atom stereocenters. The molecule has 0 N–H and O–H groups in total. The van der Waals surface area contributed by atoms with E-state index in [0.717, 1.165) is 44.9 Å². The Bertz CT molecular complexity index is 267. The first-order chi connectivity index (χ1) is 10.8. The number of alkyl halides is 3. The molecule has 0 aromatic heterocycles. The van der Waals surface area contributed by atoms with Crippen molar-refractivity contribution in [3.8, 4) is 0 Å². The molecule has 0 radical (unpaired) electrons. The van der Waals surface area contributed by atoms with E-state index in [4.69, 9.17) is 0 Å². The Morgan fingerprint density at radius 2 is 1.30 bits per heavy atom. The van der Waals surface area contributed by atoms with Gasteiger partial charge in [0.1, 0.15) is 0 Å². The molecule has 0 aliphatic heterocycles. The lowest BCUT2D eigenvalue weighted by atomic mass is 9.90. The van der Waals surface area contributed by atoms with Crippen molar-refractivity contribution >= 4 is 21.6 Å². The highest BCUT2D eigenvalue weighted by atomic mass is 33.1. The molecule has 0 nitrogen and oxygen atoms in total. The maximum absolute atomic E-state index is 13.0. The smallest absolute Gasteiger partial charge is 0.171 e. The number of unbranched alkanes of at least 4 members (excludes halogenated alkanes) is 5. The van der Waals surface area contributed by atoms with Crippen LogP contribution in [0, 0.1) is 5.92 Å². The van der Waals surface area contributed by atoms with Crippen LogP contribution < -0.4 is 0 Å². The summed E-state index contributed by atoms with van der Waals surface area (Å²) in [6, 6.07) is 0. The van der Waals surface area contributed by atoms with Crippen LogP contribution in [0.5, 0.6) is 0 Å². The molecule has 140 valence electrons.